The van der Waals surface area contributed by atoms with Crippen molar-refractivity contribution >= 4 is 15.9 Å². The summed E-state index contributed by atoms with van der Waals surface area (Å²) in [6, 6.07) is 10.2. The SMILES string of the molecule is C[C@@H](CCNC(=O)[C@H]1CCCN(S(C)(=O)=O)C1)c1ccccc1. The van der Waals surface area contributed by atoms with Gasteiger partial charge in [-0.25, -0.2) is 12.7 Å². The summed E-state index contributed by atoms with van der Waals surface area (Å²) >= 11 is 0. The predicted molar refractivity (Wildman–Crippen MR) is 91.6 cm³/mol. The largest absolute Gasteiger partial charge is 0.356 e. The van der Waals surface area contributed by atoms with Gasteiger partial charge in [-0.2, -0.15) is 0 Å². The van der Waals surface area contributed by atoms with Gasteiger partial charge in [0.15, 0.2) is 0 Å². The normalized spacial score (nSPS) is 20.9. The van der Waals surface area contributed by atoms with Crippen LogP contribution < -0.4 is 5.32 Å². The number of nitrogens with zero attached hydrogens (tertiary/aromatic N) is 1. The lowest BCUT2D eigenvalue weighted by Gasteiger charge is -2.30. The molecule has 0 spiro atoms. The molecule has 0 unspecified atom stereocenters. The van der Waals surface area contributed by atoms with Gasteiger partial charge in [-0.15, -0.1) is 0 Å². The molecule has 1 saturated heterocycles. The second-order valence-corrected chi connectivity index (χ2v) is 8.33. The van der Waals surface area contributed by atoms with E-state index in [9.17, 15) is 13.2 Å². The van der Waals surface area contributed by atoms with Gasteiger partial charge in [0.1, 0.15) is 0 Å². The van der Waals surface area contributed by atoms with Gasteiger partial charge in [0.25, 0.3) is 0 Å². The molecule has 5 nitrogen and oxygen atoms in total. The van der Waals surface area contributed by atoms with Gasteiger partial charge in [-0.05, 0) is 30.7 Å². The maximum Gasteiger partial charge on any atom is 0.224 e. The Labute approximate surface area is 139 Å². The number of carbonyl (C=O) groups excluding carboxylic acids is 1. The highest BCUT2D eigenvalue weighted by molar-refractivity contribution is 7.88. The van der Waals surface area contributed by atoms with Crippen molar-refractivity contribution in [3.05, 3.63) is 35.9 Å². The molecule has 2 rings (SSSR count). The molecular formula is C17H26N2O3S. The lowest BCUT2D eigenvalue weighted by Crippen LogP contribution is -2.45. The molecule has 1 aliphatic rings. The maximum absolute atomic E-state index is 12.3. The molecule has 1 N–H and O–H groups in total. The number of amides is 1. The highest BCUT2D eigenvalue weighted by atomic mass is 32.2. The summed E-state index contributed by atoms with van der Waals surface area (Å²) in [5, 5.41) is 2.96. The number of sulfonamides is 1. The first-order chi connectivity index (χ1) is 10.9. The van der Waals surface area contributed by atoms with E-state index in [-0.39, 0.29) is 11.8 Å². The Morgan fingerprint density at radius 3 is 2.70 bits per heavy atom. The summed E-state index contributed by atoms with van der Waals surface area (Å²) in [7, 11) is -3.21. The molecule has 6 heteroatoms. The zero-order valence-corrected chi connectivity index (χ0v) is 14.7. The third-order valence-electron chi connectivity index (χ3n) is 4.47. The van der Waals surface area contributed by atoms with Crippen LogP contribution in [-0.2, 0) is 14.8 Å². The topological polar surface area (TPSA) is 66.5 Å². The molecule has 0 radical (unpaired) electrons. The van der Waals surface area contributed by atoms with E-state index in [1.54, 1.807) is 0 Å². The second-order valence-electron chi connectivity index (χ2n) is 6.35. The highest BCUT2D eigenvalue weighted by Gasteiger charge is 2.29. The Kier molecular flexibility index (Phi) is 6.18. The van der Waals surface area contributed by atoms with Crippen LogP contribution in [0.4, 0.5) is 0 Å². The molecule has 0 saturated carbocycles. The van der Waals surface area contributed by atoms with Crippen molar-refractivity contribution in [2.24, 2.45) is 5.92 Å². The standard InChI is InChI=1S/C17H26N2O3S/c1-14(15-7-4-3-5-8-15)10-11-18-17(20)16-9-6-12-19(13-16)23(2,21)22/h3-5,7-8,14,16H,6,9-13H2,1-2H3,(H,18,20)/t14-,16-/m0/s1. The van der Waals surface area contributed by atoms with Crippen molar-refractivity contribution in [3.8, 4) is 0 Å². The van der Waals surface area contributed by atoms with E-state index in [0.29, 0.717) is 25.6 Å². The minimum atomic E-state index is -3.21. The van der Waals surface area contributed by atoms with Gasteiger partial charge in [-0.3, -0.25) is 4.79 Å². The van der Waals surface area contributed by atoms with Crippen molar-refractivity contribution in [2.45, 2.75) is 32.1 Å². The zero-order valence-electron chi connectivity index (χ0n) is 13.9. The van der Waals surface area contributed by atoms with Gasteiger partial charge in [-0.1, -0.05) is 37.3 Å². The lowest BCUT2D eigenvalue weighted by atomic mass is 9.97. The third kappa shape index (κ3) is 5.32. The zero-order chi connectivity index (χ0) is 16.9. The molecule has 0 bridgehead atoms. The number of piperidine rings is 1. The Balaban J connectivity index is 1.78. The molecule has 1 heterocycles. The fraction of sp³-hybridized carbons (Fsp3) is 0.588. The quantitative estimate of drug-likeness (QED) is 0.862. The monoisotopic (exact) mass is 338 g/mol. The summed E-state index contributed by atoms with van der Waals surface area (Å²) in [4.78, 5) is 12.3. The number of hydrogen-bond acceptors (Lipinski definition) is 3. The van der Waals surface area contributed by atoms with Gasteiger partial charge in [0, 0.05) is 19.6 Å². The molecule has 2 atom stereocenters. The van der Waals surface area contributed by atoms with Crippen molar-refractivity contribution < 1.29 is 13.2 Å². The van der Waals surface area contributed by atoms with Crippen molar-refractivity contribution in [1.82, 2.24) is 9.62 Å². The molecular weight excluding hydrogens is 312 g/mol. The van der Waals surface area contributed by atoms with Crippen molar-refractivity contribution in [2.75, 3.05) is 25.9 Å². The number of nitrogens with one attached hydrogen (secondary N) is 1. The minimum Gasteiger partial charge on any atom is -0.356 e. The second kappa shape index (κ2) is 7.93. The maximum atomic E-state index is 12.3. The van der Waals surface area contributed by atoms with Crippen LogP contribution in [0.2, 0.25) is 0 Å². The summed E-state index contributed by atoms with van der Waals surface area (Å²) < 4.78 is 24.6. The van der Waals surface area contributed by atoms with E-state index in [1.165, 1.54) is 16.1 Å². The van der Waals surface area contributed by atoms with Gasteiger partial charge < -0.3 is 5.32 Å². The van der Waals surface area contributed by atoms with Crippen LogP contribution in [0.5, 0.6) is 0 Å². The van der Waals surface area contributed by atoms with Crippen LogP contribution in [0.1, 0.15) is 37.7 Å². The van der Waals surface area contributed by atoms with Crippen molar-refractivity contribution in [3.63, 3.8) is 0 Å². The molecule has 1 amide bonds. The number of carbonyl (C=O) groups is 1. The first kappa shape index (κ1) is 17.9. The third-order valence-corrected chi connectivity index (χ3v) is 5.74. The fourth-order valence-corrected chi connectivity index (χ4v) is 3.87. The van der Waals surface area contributed by atoms with Crippen LogP contribution in [-0.4, -0.2) is 44.5 Å². The molecule has 23 heavy (non-hydrogen) atoms. The van der Waals surface area contributed by atoms with Gasteiger partial charge in [0.2, 0.25) is 15.9 Å². The number of benzene rings is 1. The van der Waals surface area contributed by atoms with Crippen LogP contribution in [0.25, 0.3) is 0 Å². The summed E-state index contributed by atoms with van der Waals surface area (Å²) in [6.07, 6.45) is 3.57. The summed E-state index contributed by atoms with van der Waals surface area (Å²) in [6.45, 7) is 3.59. The van der Waals surface area contributed by atoms with E-state index in [0.717, 1.165) is 19.3 Å². The molecule has 1 fully saturated rings. The van der Waals surface area contributed by atoms with Crippen molar-refractivity contribution in [1.29, 1.82) is 0 Å². The van der Waals surface area contributed by atoms with Gasteiger partial charge >= 0.3 is 0 Å². The highest BCUT2D eigenvalue weighted by Crippen LogP contribution is 2.20. The van der Waals surface area contributed by atoms with E-state index in [1.807, 2.05) is 18.2 Å². The first-order valence-corrected chi connectivity index (χ1v) is 10.0. The molecule has 1 aliphatic heterocycles. The average molecular weight is 338 g/mol. The smallest absolute Gasteiger partial charge is 0.224 e. The number of hydrogen-bond donors (Lipinski definition) is 1. The average Bonchev–Trinajstić information content (AvgIpc) is 2.54. The van der Waals surface area contributed by atoms with E-state index >= 15 is 0 Å². The minimum absolute atomic E-state index is 0.0291. The fourth-order valence-electron chi connectivity index (χ4n) is 2.96. The first-order valence-electron chi connectivity index (χ1n) is 8.15. The Bertz CT molecular complexity index is 616. The summed E-state index contributed by atoms with van der Waals surface area (Å²) in [5.41, 5.74) is 1.27. The molecule has 0 aliphatic carbocycles. The van der Waals surface area contributed by atoms with E-state index in [4.69, 9.17) is 0 Å². The van der Waals surface area contributed by atoms with Crippen LogP contribution in [0, 0.1) is 5.92 Å². The van der Waals surface area contributed by atoms with Gasteiger partial charge in [0.05, 0.1) is 12.2 Å². The van der Waals surface area contributed by atoms with Crippen LogP contribution >= 0.6 is 0 Å². The Hall–Kier alpha value is -1.40. The number of rotatable bonds is 6. The predicted octanol–water partition coefficient (Wildman–Crippen LogP) is 1.97. The lowest BCUT2D eigenvalue weighted by molar-refractivity contribution is -0.126. The molecule has 1 aromatic rings. The van der Waals surface area contributed by atoms with Crippen LogP contribution in [0.15, 0.2) is 30.3 Å². The Morgan fingerprint density at radius 1 is 1.35 bits per heavy atom. The van der Waals surface area contributed by atoms with E-state index < -0.39 is 10.0 Å². The van der Waals surface area contributed by atoms with Crippen LogP contribution in [0.3, 0.4) is 0 Å². The molecule has 128 valence electrons. The summed E-state index contributed by atoms with van der Waals surface area (Å²) in [5.74, 6) is 0.125. The molecule has 0 aromatic heterocycles. The Morgan fingerprint density at radius 2 is 2.04 bits per heavy atom. The van der Waals surface area contributed by atoms with E-state index in [2.05, 4.69) is 24.4 Å². The molecule has 1 aromatic carbocycles.